The zero-order chi connectivity index (χ0) is 7.56. The van der Waals surface area contributed by atoms with Crippen LogP contribution in [0.4, 0.5) is 0 Å². The molecule has 0 atom stereocenters. The van der Waals surface area contributed by atoms with E-state index in [0.29, 0.717) is 0 Å². The molecule has 0 fully saturated rings. The van der Waals surface area contributed by atoms with Gasteiger partial charge in [0.2, 0.25) is 0 Å². The summed E-state index contributed by atoms with van der Waals surface area (Å²) in [6, 6.07) is 6.35. The number of benzene rings is 1. The number of alkyl halides is 1. The van der Waals surface area contributed by atoms with Gasteiger partial charge in [0.1, 0.15) is 0 Å². The second kappa shape index (κ2) is 3.54. The summed E-state index contributed by atoms with van der Waals surface area (Å²) in [5.41, 5.74) is 2.59. The van der Waals surface area contributed by atoms with E-state index in [1.807, 2.05) is 0 Å². The zero-order valence-electron chi connectivity index (χ0n) is 5.70. The topological polar surface area (TPSA) is 0 Å². The largest absolute Gasteiger partial charge is 0.0876 e. The lowest BCUT2D eigenvalue weighted by Gasteiger charge is -1.99. The Bertz CT molecular complexity index is 231. The van der Waals surface area contributed by atoms with Gasteiger partial charge in [0.15, 0.2) is 0 Å². The molecule has 2 heteroatoms. The average Bonchev–Trinajstić information content (AvgIpc) is 1.88. The summed E-state index contributed by atoms with van der Waals surface area (Å²) in [6.07, 6.45) is 0. The lowest BCUT2D eigenvalue weighted by molar-refractivity contribution is 1.35. The molecular weight excluding hydrogens is 256 g/mol. The molecule has 0 aliphatic rings. The minimum absolute atomic E-state index is 0.911. The molecule has 0 aromatic heterocycles. The molecule has 0 radical (unpaired) electrons. The van der Waals surface area contributed by atoms with Gasteiger partial charge in [-0.3, -0.25) is 0 Å². The third-order valence-corrected chi connectivity index (χ3v) is 2.69. The van der Waals surface area contributed by atoms with E-state index < -0.39 is 0 Å². The van der Waals surface area contributed by atoms with Crippen molar-refractivity contribution in [1.29, 1.82) is 0 Å². The van der Waals surface area contributed by atoms with Crippen molar-refractivity contribution in [3.05, 3.63) is 33.8 Å². The van der Waals surface area contributed by atoms with Gasteiger partial charge in [0.05, 0.1) is 0 Å². The summed E-state index contributed by atoms with van der Waals surface area (Å²) in [4.78, 5) is 0. The highest BCUT2D eigenvalue weighted by atomic mass is 79.9. The van der Waals surface area contributed by atoms with Crippen LogP contribution >= 0.6 is 31.9 Å². The number of hydrogen-bond acceptors (Lipinski definition) is 0. The van der Waals surface area contributed by atoms with Crippen LogP contribution < -0.4 is 0 Å². The summed E-state index contributed by atoms with van der Waals surface area (Å²) < 4.78 is 1.18. The number of halogens is 2. The lowest BCUT2D eigenvalue weighted by atomic mass is 10.2. The molecule has 1 aromatic rings. The van der Waals surface area contributed by atoms with Crippen LogP contribution in [0.25, 0.3) is 0 Å². The molecule has 0 aliphatic heterocycles. The van der Waals surface area contributed by atoms with E-state index in [4.69, 9.17) is 0 Å². The SMILES string of the molecule is Cc1ccc(CBr)c(Br)c1. The second-order valence-electron chi connectivity index (χ2n) is 2.23. The highest BCUT2D eigenvalue weighted by molar-refractivity contribution is 9.10. The minimum Gasteiger partial charge on any atom is -0.0876 e. The predicted octanol–water partition coefficient (Wildman–Crippen LogP) is 3.65. The first-order valence-corrected chi connectivity index (χ1v) is 4.96. The van der Waals surface area contributed by atoms with Crippen LogP contribution in [-0.4, -0.2) is 0 Å². The highest BCUT2D eigenvalue weighted by Crippen LogP contribution is 2.20. The van der Waals surface area contributed by atoms with E-state index >= 15 is 0 Å². The van der Waals surface area contributed by atoms with Crippen LogP contribution in [0.1, 0.15) is 11.1 Å². The van der Waals surface area contributed by atoms with Crippen molar-refractivity contribution in [2.75, 3.05) is 0 Å². The molecular formula is C8H8Br2. The molecule has 0 heterocycles. The van der Waals surface area contributed by atoms with Gasteiger partial charge in [-0.05, 0) is 24.1 Å². The van der Waals surface area contributed by atoms with Gasteiger partial charge in [0, 0.05) is 9.80 Å². The number of hydrogen-bond donors (Lipinski definition) is 0. The van der Waals surface area contributed by atoms with Crippen LogP contribution in [0.15, 0.2) is 22.7 Å². The fourth-order valence-electron chi connectivity index (χ4n) is 0.761. The van der Waals surface area contributed by atoms with E-state index in [-0.39, 0.29) is 0 Å². The molecule has 1 aromatic carbocycles. The summed E-state index contributed by atoms with van der Waals surface area (Å²) >= 11 is 6.88. The molecule has 0 saturated carbocycles. The highest BCUT2D eigenvalue weighted by Gasteiger charge is 1.95. The van der Waals surface area contributed by atoms with Crippen LogP contribution in [0.5, 0.6) is 0 Å². The standard InChI is InChI=1S/C8H8Br2/c1-6-2-3-7(5-9)8(10)4-6/h2-4H,5H2,1H3. The van der Waals surface area contributed by atoms with Crippen molar-refractivity contribution in [2.24, 2.45) is 0 Å². The van der Waals surface area contributed by atoms with Crippen molar-refractivity contribution in [3.8, 4) is 0 Å². The smallest absolute Gasteiger partial charge is 0.0294 e. The summed E-state index contributed by atoms with van der Waals surface area (Å²) in [5.74, 6) is 0. The van der Waals surface area contributed by atoms with E-state index in [1.165, 1.54) is 15.6 Å². The maximum absolute atomic E-state index is 3.48. The van der Waals surface area contributed by atoms with Gasteiger partial charge in [-0.1, -0.05) is 44.0 Å². The number of rotatable bonds is 1. The first-order valence-electron chi connectivity index (χ1n) is 3.05. The Hall–Kier alpha value is 0.180. The Morgan fingerprint density at radius 3 is 2.60 bits per heavy atom. The van der Waals surface area contributed by atoms with Gasteiger partial charge in [-0.25, -0.2) is 0 Å². The summed E-state index contributed by atoms with van der Waals surface area (Å²) in [7, 11) is 0. The van der Waals surface area contributed by atoms with Crippen molar-refractivity contribution >= 4 is 31.9 Å². The lowest BCUT2D eigenvalue weighted by Crippen LogP contribution is -1.80. The molecule has 0 bridgehead atoms. The number of aryl methyl sites for hydroxylation is 1. The predicted molar refractivity (Wildman–Crippen MR) is 51.5 cm³/mol. The first kappa shape index (κ1) is 8.28. The monoisotopic (exact) mass is 262 g/mol. The molecule has 0 N–H and O–H groups in total. The third-order valence-electron chi connectivity index (χ3n) is 1.35. The van der Waals surface area contributed by atoms with Gasteiger partial charge in [-0.15, -0.1) is 0 Å². The Morgan fingerprint density at radius 2 is 2.10 bits per heavy atom. The van der Waals surface area contributed by atoms with Crippen molar-refractivity contribution < 1.29 is 0 Å². The van der Waals surface area contributed by atoms with Crippen LogP contribution in [0.2, 0.25) is 0 Å². The van der Waals surface area contributed by atoms with E-state index in [1.54, 1.807) is 0 Å². The van der Waals surface area contributed by atoms with Crippen LogP contribution in [0, 0.1) is 6.92 Å². The molecule has 1 rings (SSSR count). The maximum atomic E-state index is 3.48. The van der Waals surface area contributed by atoms with E-state index in [0.717, 1.165) is 5.33 Å². The normalized spacial score (nSPS) is 9.90. The molecule has 54 valence electrons. The second-order valence-corrected chi connectivity index (χ2v) is 3.64. The Labute approximate surface area is 77.9 Å². The molecule has 0 aliphatic carbocycles. The fourth-order valence-corrected chi connectivity index (χ4v) is 2.26. The van der Waals surface area contributed by atoms with E-state index in [2.05, 4.69) is 57.0 Å². The Morgan fingerprint density at radius 1 is 1.40 bits per heavy atom. The van der Waals surface area contributed by atoms with E-state index in [9.17, 15) is 0 Å². The summed E-state index contributed by atoms with van der Waals surface area (Å²) in [5, 5.41) is 0.911. The maximum Gasteiger partial charge on any atom is 0.0294 e. The van der Waals surface area contributed by atoms with Gasteiger partial charge < -0.3 is 0 Å². The van der Waals surface area contributed by atoms with Crippen LogP contribution in [0.3, 0.4) is 0 Å². The van der Waals surface area contributed by atoms with Gasteiger partial charge in [0.25, 0.3) is 0 Å². The average molecular weight is 264 g/mol. The van der Waals surface area contributed by atoms with Gasteiger partial charge in [-0.2, -0.15) is 0 Å². The summed E-state index contributed by atoms with van der Waals surface area (Å²) in [6.45, 7) is 2.09. The molecule has 0 saturated heterocycles. The van der Waals surface area contributed by atoms with Crippen molar-refractivity contribution in [2.45, 2.75) is 12.3 Å². The quantitative estimate of drug-likeness (QED) is 0.679. The van der Waals surface area contributed by atoms with Crippen molar-refractivity contribution in [1.82, 2.24) is 0 Å². The molecule has 10 heavy (non-hydrogen) atoms. The molecule has 0 nitrogen and oxygen atoms in total. The van der Waals surface area contributed by atoms with Gasteiger partial charge >= 0.3 is 0 Å². The Balaban J connectivity index is 3.07. The third kappa shape index (κ3) is 1.83. The molecule has 0 amide bonds. The fraction of sp³-hybridized carbons (Fsp3) is 0.250. The first-order chi connectivity index (χ1) is 4.74. The molecule has 0 spiro atoms. The molecule has 0 unspecified atom stereocenters. The van der Waals surface area contributed by atoms with Crippen molar-refractivity contribution in [3.63, 3.8) is 0 Å². The van der Waals surface area contributed by atoms with Crippen LogP contribution in [-0.2, 0) is 5.33 Å². The zero-order valence-corrected chi connectivity index (χ0v) is 8.87. The minimum atomic E-state index is 0.911. The Kier molecular flexibility index (Phi) is 2.93.